The Morgan fingerprint density at radius 2 is 2.15 bits per heavy atom. The number of hydrogen-bond acceptors (Lipinski definition) is 5. The molecule has 0 radical (unpaired) electrons. The van der Waals surface area contributed by atoms with E-state index in [1.165, 1.54) is 4.90 Å². The number of aryl methyl sites for hydroxylation is 2. The number of hydrogen-bond donors (Lipinski definition) is 2. The van der Waals surface area contributed by atoms with Crippen LogP contribution in [-0.4, -0.2) is 32.8 Å². The number of rotatable bonds is 4. The van der Waals surface area contributed by atoms with Gasteiger partial charge in [0.25, 0.3) is 0 Å². The van der Waals surface area contributed by atoms with Gasteiger partial charge in [0, 0.05) is 28.1 Å². The fourth-order valence-electron chi connectivity index (χ4n) is 3.87. The van der Waals surface area contributed by atoms with Gasteiger partial charge in [-0.25, -0.2) is 0 Å². The molecule has 2 heterocycles. The zero-order chi connectivity index (χ0) is 19.0. The van der Waals surface area contributed by atoms with Crippen LogP contribution in [0.2, 0.25) is 0 Å². The van der Waals surface area contributed by atoms with Gasteiger partial charge in [0.15, 0.2) is 0 Å². The Bertz CT molecular complexity index is 992. The summed E-state index contributed by atoms with van der Waals surface area (Å²) in [5, 5.41) is 17.4. The molecular weight excluding hydrogens is 358 g/mol. The molecule has 6 heteroatoms. The van der Waals surface area contributed by atoms with Crippen LogP contribution in [-0.2, 0) is 0 Å². The summed E-state index contributed by atoms with van der Waals surface area (Å²) in [6.45, 7) is 6.01. The highest BCUT2D eigenvalue weighted by Gasteiger charge is 2.24. The van der Waals surface area contributed by atoms with Crippen LogP contribution in [0, 0.1) is 13.8 Å². The maximum atomic E-state index is 9.88. The molecule has 3 aromatic rings. The minimum absolute atomic E-state index is 0.183. The van der Waals surface area contributed by atoms with Gasteiger partial charge in [0.05, 0.1) is 17.3 Å². The van der Waals surface area contributed by atoms with E-state index < -0.39 is 0 Å². The van der Waals surface area contributed by atoms with Crippen LogP contribution in [0.25, 0.3) is 22.0 Å². The molecule has 0 amide bonds. The van der Waals surface area contributed by atoms with Gasteiger partial charge < -0.3 is 9.63 Å². The first-order valence-corrected chi connectivity index (χ1v) is 10.6. The Morgan fingerprint density at radius 1 is 1.30 bits per heavy atom. The van der Waals surface area contributed by atoms with Crippen LogP contribution >= 0.6 is 10.7 Å². The molecule has 2 aromatic heterocycles. The summed E-state index contributed by atoms with van der Waals surface area (Å²) in [5.41, 5.74) is 3.98. The van der Waals surface area contributed by atoms with E-state index in [0.717, 1.165) is 52.7 Å². The van der Waals surface area contributed by atoms with Crippen LogP contribution in [0.5, 0.6) is 0 Å². The minimum Gasteiger partial charge on any atom is -0.393 e. The fourth-order valence-corrected chi connectivity index (χ4v) is 5.63. The Hall–Kier alpha value is -2.02. The monoisotopic (exact) mass is 383 g/mol. The zero-order valence-electron chi connectivity index (χ0n) is 15.9. The summed E-state index contributed by atoms with van der Waals surface area (Å²) in [6, 6.07) is 8.80. The van der Waals surface area contributed by atoms with Crippen LogP contribution < -0.4 is 4.72 Å². The molecule has 1 aliphatic rings. The SMILES string of the molecule is C/C=S(\N[C@H]1CC[C@@H](O)C1)c1cc(-c2c(C)noc2C)cc2ncccc12. The number of fused-ring (bicyclic) bond motifs is 1. The number of aromatic nitrogens is 2. The molecule has 1 fully saturated rings. The summed E-state index contributed by atoms with van der Waals surface area (Å²) in [7, 11) is -0.236. The first-order valence-electron chi connectivity index (χ1n) is 9.35. The van der Waals surface area contributed by atoms with Crippen molar-refractivity contribution in [3.8, 4) is 11.1 Å². The Kier molecular flexibility index (Phi) is 5.12. The molecule has 0 bridgehead atoms. The van der Waals surface area contributed by atoms with E-state index in [9.17, 15) is 5.11 Å². The lowest BCUT2D eigenvalue weighted by Crippen LogP contribution is -2.22. The summed E-state index contributed by atoms with van der Waals surface area (Å²) < 4.78 is 9.14. The number of aliphatic hydroxyl groups excluding tert-OH is 1. The third kappa shape index (κ3) is 3.57. The third-order valence-corrected chi connectivity index (χ3v) is 7.05. The van der Waals surface area contributed by atoms with Crippen molar-refractivity contribution in [2.75, 3.05) is 0 Å². The summed E-state index contributed by atoms with van der Waals surface area (Å²) in [6.07, 6.45) is 4.35. The van der Waals surface area contributed by atoms with Gasteiger partial charge in [0.2, 0.25) is 0 Å². The normalized spacial score (nSPS) is 21.2. The third-order valence-electron chi connectivity index (χ3n) is 5.18. The molecule has 1 aliphatic carbocycles. The standard InChI is InChI=1S/C21H25N3O2S/c1-4-27(24-16-7-8-17(25)12-16)20-11-15(21-13(2)23-26-14(21)3)10-19-18(20)6-5-9-22-19/h4-6,9-11,16-17,24-25H,7-8,12H2,1-3H3/t16-,17+,27?/m0/s1. The average molecular weight is 384 g/mol. The van der Waals surface area contributed by atoms with Crippen molar-refractivity contribution in [2.24, 2.45) is 0 Å². The minimum atomic E-state index is -0.236. The van der Waals surface area contributed by atoms with Crippen LogP contribution in [0.15, 0.2) is 39.9 Å². The van der Waals surface area contributed by atoms with Gasteiger partial charge in [-0.2, -0.15) is 0 Å². The van der Waals surface area contributed by atoms with Gasteiger partial charge in [-0.15, -0.1) is 0 Å². The fraction of sp³-hybridized carbons (Fsp3) is 0.381. The number of nitrogens with one attached hydrogen (secondary N) is 1. The van der Waals surface area contributed by atoms with Crippen molar-refractivity contribution < 1.29 is 9.63 Å². The van der Waals surface area contributed by atoms with Crippen molar-refractivity contribution in [1.82, 2.24) is 14.9 Å². The molecule has 0 saturated heterocycles. The lowest BCUT2D eigenvalue weighted by atomic mass is 10.0. The molecule has 5 nitrogen and oxygen atoms in total. The van der Waals surface area contributed by atoms with E-state index in [0.29, 0.717) is 6.04 Å². The van der Waals surface area contributed by atoms with Crippen LogP contribution in [0.3, 0.4) is 0 Å². The van der Waals surface area contributed by atoms with Gasteiger partial charge in [-0.3, -0.25) is 9.71 Å². The topological polar surface area (TPSA) is 71.2 Å². The molecular formula is C21H25N3O2S. The molecule has 142 valence electrons. The van der Waals surface area contributed by atoms with Crippen LogP contribution in [0.4, 0.5) is 0 Å². The number of nitrogens with zero attached hydrogens (tertiary/aromatic N) is 2. The van der Waals surface area contributed by atoms with Gasteiger partial charge in [-0.05, 0) is 69.2 Å². The highest BCUT2D eigenvalue weighted by molar-refractivity contribution is 8.13. The summed E-state index contributed by atoms with van der Waals surface area (Å²) in [5.74, 6) is 0.820. The number of benzene rings is 1. The predicted molar refractivity (Wildman–Crippen MR) is 111 cm³/mol. The maximum absolute atomic E-state index is 9.88. The van der Waals surface area contributed by atoms with E-state index >= 15 is 0 Å². The molecule has 1 saturated carbocycles. The van der Waals surface area contributed by atoms with Gasteiger partial charge >= 0.3 is 0 Å². The van der Waals surface area contributed by atoms with E-state index in [1.807, 2.05) is 26.1 Å². The predicted octanol–water partition coefficient (Wildman–Crippen LogP) is 4.37. The molecule has 0 aliphatic heterocycles. The zero-order valence-corrected chi connectivity index (χ0v) is 16.7. The first kappa shape index (κ1) is 18.3. The van der Waals surface area contributed by atoms with E-state index in [2.05, 4.69) is 45.4 Å². The second-order valence-electron chi connectivity index (χ2n) is 7.10. The second kappa shape index (κ2) is 7.54. The molecule has 4 rings (SSSR count). The largest absolute Gasteiger partial charge is 0.393 e. The lowest BCUT2D eigenvalue weighted by Gasteiger charge is -2.19. The molecule has 2 N–H and O–H groups in total. The Labute approximate surface area is 161 Å². The van der Waals surface area contributed by atoms with Crippen molar-refractivity contribution in [1.29, 1.82) is 0 Å². The average Bonchev–Trinajstić information content (AvgIpc) is 3.23. The van der Waals surface area contributed by atoms with Crippen molar-refractivity contribution in [3.63, 3.8) is 0 Å². The van der Waals surface area contributed by atoms with Crippen molar-refractivity contribution in [3.05, 3.63) is 41.9 Å². The summed E-state index contributed by atoms with van der Waals surface area (Å²) >= 11 is 0. The quantitative estimate of drug-likeness (QED) is 0.655. The lowest BCUT2D eigenvalue weighted by molar-refractivity contribution is 0.181. The molecule has 27 heavy (non-hydrogen) atoms. The second-order valence-corrected chi connectivity index (χ2v) is 8.92. The van der Waals surface area contributed by atoms with E-state index in [4.69, 9.17) is 4.52 Å². The maximum Gasteiger partial charge on any atom is 0.141 e. The highest BCUT2D eigenvalue weighted by Crippen LogP contribution is 2.38. The first-order chi connectivity index (χ1) is 13.1. The van der Waals surface area contributed by atoms with Crippen molar-refractivity contribution >= 4 is 26.9 Å². The Balaban J connectivity index is 1.83. The van der Waals surface area contributed by atoms with Crippen molar-refractivity contribution in [2.45, 2.75) is 57.1 Å². The molecule has 3 atom stereocenters. The number of aliphatic hydroxyl groups is 1. The summed E-state index contributed by atoms with van der Waals surface area (Å²) in [4.78, 5) is 5.83. The molecule has 0 spiro atoms. The molecule has 1 aromatic carbocycles. The highest BCUT2D eigenvalue weighted by atomic mass is 32.2. The van der Waals surface area contributed by atoms with Gasteiger partial charge in [0.1, 0.15) is 5.76 Å². The van der Waals surface area contributed by atoms with Crippen LogP contribution in [0.1, 0.15) is 37.6 Å². The van der Waals surface area contributed by atoms with E-state index in [1.54, 1.807) is 0 Å². The number of pyridine rings is 1. The van der Waals surface area contributed by atoms with E-state index in [-0.39, 0.29) is 16.8 Å². The molecule has 1 unspecified atom stereocenters. The van der Waals surface area contributed by atoms with Gasteiger partial charge in [-0.1, -0.05) is 21.9 Å². The smallest absolute Gasteiger partial charge is 0.141 e. The Morgan fingerprint density at radius 3 is 2.81 bits per heavy atom.